The molecule has 0 aliphatic rings. The minimum atomic E-state index is -0.706. The lowest BCUT2D eigenvalue weighted by molar-refractivity contribution is -0.106. The van der Waals surface area contributed by atoms with Crippen molar-refractivity contribution >= 4 is 12.3 Å². The Kier molecular flexibility index (Phi) is 8.01. The van der Waals surface area contributed by atoms with Gasteiger partial charge in [0.15, 0.2) is 5.75 Å². The van der Waals surface area contributed by atoms with Gasteiger partial charge in [0.05, 0.1) is 5.56 Å². The van der Waals surface area contributed by atoms with Crippen LogP contribution in [-0.2, 0) is 24.2 Å². The number of carbonyl (C=O) groups is 2. The molecule has 1 heterocycles. The third-order valence-corrected chi connectivity index (χ3v) is 3.70. The smallest absolute Gasteiger partial charge is 0.290 e. The molecule has 0 atom stereocenters. The number of benzene rings is 1. The zero-order valence-electron chi connectivity index (χ0n) is 14.6. The molecule has 140 valence electrons. The molecule has 26 heavy (non-hydrogen) atoms. The number of aromatic amines is 1. The van der Waals surface area contributed by atoms with Gasteiger partial charge in [-0.15, -0.1) is 0 Å². The molecule has 2 aromatic rings. The van der Waals surface area contributed by atoms with Gasteiger partial charge in [-0.3, -0.25) is 14.4 Å². The largest absolute Gasteiger partial charge is 0.502 e. The first-order valence-electron chi connectivity index (χ1n) is 8.03. The Morgan fingerprint density at radius 1 is 1.31 bits per heavy atom. The third kappa shape index (κ3) is 5.17. The van der Waals surface area contributed by atoms with Gasteiger partial charge in [0.25, 0.3) is 11.5 Å². The topological polar surface area (TPSA) is 125 Å². The molecule has 0 unspecified atom stereocenters. The van der Waals surface area contributed by atoms with Crippen molar-refractivity contribution in [3.8, 4) is 5.75 Å². The number of hydrogen-bond acceptors (Lipinski definition) is 4. The van der Waals surface area contributed by atoms with E-state index in [9.17, 15) is 19.1 Å². The zero-order valence-corrected chi connectivity index (χ0v) is 14.6. The fourth-order valence-electron chi connectivity index (χ4n) is 2.37. The standard InChI is InChI=1S/C17H19FN2O3.CH3NO/c1-3-11-7-10(5-6-13(11)18)8-19-16(22)14-12(4-2)9-20-17(23)15(14)21;2-1-3/h5-7,9,21H,3-4,8H2,1-2H3,(H,19,22)(H,20,23);1H,(H2,2,3). The molecule has 5 N–H and O–H groups in total. The minimum Gasteiger partial charge on any atom is -0.502 e. The van der Waals surface area contributed by atoms with E-state index in [1.54, 1.807) is 12.1 Å². The summed E-state index contributed by atoms with van der Waals surface area (Å²) < 4.78 is 13.5. The Hall–Kier alpha value is -3.16. The van der Waals surface area contributed by atoms with Gasteiger partial charge in [-0.25, -0.2) is 4.39 Å². The number of aromatic nitrogens is 1. The monoisotopic (exact) mass is 363 g/mol. The second-order valence-corrected chi connectivity index (χ2v) is 5.32. The SMILES string of the molecule is CCc1cc(CNC(=O)c2c(CC)c[nH]c(=O)c2O)ccc1F.NC=O. The summed E-state index contributed by atoms with van der Waals surface area (Å²) in [4.78, 5) is 34.7. The number of nitrogens with two attached hydrogens (primary N) is 1. The highest BCUT2D eigenvalue weighted by atomic mass is 19.1. The van der Waals surface area contributed by atoms with Crippen molar-refractivity contribution in [2.24, 2.45) is 5.73 Å². The fraction of sp³-hybridized carbons (Fsp3) is 0.278. The number of aryl methyl sites for hydroxylation is 2. The van der Waals surface area contributed by atoms with Gasteiger partial charge < -0.3 is 21.1 Å². The first-order valence-corrected chi connectivity index (χ1v) is 8.03. The number of carbonyl (C=O) groups excluding carboxylic acids is 2. The van der Waals surface area contributed by atoms with Crippen LogP contribution in [0.4, 0.5) is 4.39 Å². The number of pyridine rings is 1. The number of halogens is 1. The van der Waals surface area contributed by atoms with Crippen LogP contribution in [0.1, 0.15) is 40.9 Å². The average molecular weight is 363 g/mol. The van der Waals surface area contributed by atoms with Crippen LogP contribution < -0.4 is 16.6 Å². The Morgan fingerprint density at radius 2 is 1.92 bits per heavy atom. The summed E-state index contributed by atoms with van der Waals surface area (Å²) in [6.45, 7) is 3.85. The number of rotatable bonds is 5. The van der Waals surface area contributed by atoms with Crippen molar-refractivity contribution in [1.29, 1.82) is 0 Å². The second kappa shape index (κ2) is 9.97. The van der Waals surface area contributed by atoms with Crippen LogP contribution in [0, 0.1) is 5.82 Å². The average Bonchev–Trinajstić information content (AvgIpc) is 2.63. The van der Waals surface area contributed by atoms with Gasteiger partial charge in [-0.05, 0) is 35.6 Å². The van der Waals surface area contributed by atoms with Crippen LogP contribution in [0.2, 0.25) is 0 Å². The molecule has 1 aromatic heterocycles. The Morgan fingerprint density at radius 3 is 2.50 bits per heavy atom. The molecule has 0 aliphatic heterocycles. The minimum absolute atomic E-state index is 0.0194. The summed E-state index contributed by atoms with van der Waals surface area (Å²) >= 11 is 0. The molecule has 0 saturated carbocycles. The highest BCUT2D eigenvalue weighted by Crippen LogP contribution is 2.17. The maximum atomic E-state index is 13.5. The molecular formula is C18H22FN3O4. The van der Waals surface area contributed by atoms with Crippen molar-refractivity contribution in [3.05, 3.63) is 62.8 Å². The van der Waals surface area contributed by atoms with Gasteiger partial charge in [-0.2, -0.15) is 0 Å². The number of H-pyrrole nitrogens is 1. The molecule has 0 fully saturated rings. The summed E-state index contributed by atoms with van der Waals surface area (Å²) in [6.07, 6.45) is 2.72. The van der Waals surface area contributed by atoms with Crippen LogP contribution in [0.3, 0.4) is 0 Å². The number of hydrogen-bond donors (Lipinski definition) is 4. The van der Waals surface area contributed by atoms with Crippen LogP contribution in [0.25, 0.3) is 0 Å². The first kappa shape index (κ1) is 20.9. The summed E-state index contributed by atoms with van der Waals surface area (Å²) in [5.41, 5.74) is 5.31. The molecule has 1 aromatic carbocycles. The highest BCUT2D eigenvalue weighted by Gasteiger charge is 2.18. The van der Waals surface area contributed by atoms with E-state index in [-0.39, 0.29) is 24.3 Å². The van der Waals surface area contributed by atoms with Crippen LogP contribution in [-0.4, -0.2) is 22.4 Å². The van der Waals surface area contributed by atoms with Gasteiger partial charge in [0.1, 0.15) is 5.82 Å². The molecule has 0 saturated heterocycles. The van der Waals surface area contributed by atoms with Crippen molar-refractivity contribution < 1.29 is 19.1 Å². The molecule has 7 nitrogen and oxygen atoms in total. The Bertz CT molecular complexity index is 834. The van der Waals surface area contributed by atoms with E-state index >= 15 is 0 Å². The van der Waals surface area contributed by atoms with Crippen molar-refractivity contribution in [1.82, 2.24) is 10.3 Å². The van der Waals surface area contributed by atoms with Crippen LogP contribution >= 0.6 is 0 Å². The summed E-state index contributed by atoms with van der Waals surface area (Å²) in [5, 5.41) is 12.5. The third-order valence-electron chi connectivity index (χ3n) is 3.70. The predicted octanol–water partition coefficient (Wildman–Crippen LogP) is 1.38. The zero-order chi connectivity index (χ0) is 19.7. The van der Waals surface area contributed by atoms with Gasteiger partial charge >= 0.3 is 0 Å². The highest BCUT2D eigenvalue weighted by molar-refractivity contribution is 5.98. The van der Waals surface area contributed by atoms with Gasteiger partial charge in [0, 0.05) is 12.7 Å². The maximum absolute atomic E-state index is 13.5. The molecule has 0 aliphatic carbocycles. The number of primary amides is 1. The van der Waals surface area contributed by atoms with E-state index in [0.717, 1.165) is 5.56 Å². The lowest BCUT2D eigenvalue weighted by Crippen LogP contribution is -2.26. The Balaban J connectivity index is 0.00000105. The van der Waals surface area contributed by atoms with Gasteiger partial charge in [-0.1, -0.05) is 26.0 Å². The van der Waals surface area contributed by atoms with E-state index in [1.165, 1.54) is 12.3 Å². The van der Waals surface area contributed by atoms with Crippen molar-refractivity contribution in [2.75, 3.05) is 0 Å². The number of nitrogens with one attached hydrogen (secondary N) is 2. The summed E-state index contributed by atoms with van der Waals surface area (Å²) in [7, 11) is 0. The normalized spacial score (nSPS) is 9.81. The molecule has 0 bridgehead atoms. The van der Waals surface area contributed by atoms with E-state index in [1.807, 2.05) is 13.8 Å². The lowest BCUT2D eigenvalue weighted by atomic mass is 10.1. The van der Waals surface area contributed by atoms with E-state index in [0.29, 0.717) is 24.0 Å². The molecule has 8 heteroatoms. The number of aromatic hydroxyl groups is 1. The maximum Gasteiger partial charge on any atom is 0.290 e. The first-order chi connectivity index (χ1) is 12.4. The van der Waals surface area contributed by atoms with E-state index in [4.69, 9.17) is 4.79 Å². The summed E-state index contributed by atoms with van der Waals surface area (Å²) in [5.74, 6) is -1.40. The van der Waals surface area contributed by atoms with Crippen LogP contribution in [0.15, 0.2) is 29.2 Å². The predicted molar refractivity (Wildman–Crippen MR) is 95.3 cm³/mol. The molecule has 0 spiro atoms. The molecule has 2 rings (SSSR count). The van der Waals surface area contributed by atoms with Crippen molar-refractivity contribution in [2.45, 2.75) is 33.2 Å². The fourth-order valence-corrected chi connectivity index (χ4v) is 2.37. The van der Waals surface area contributed by atoms with E-state index < -0.39 is 17.2 Å². The lowest BCUT2D eigenvalue weighted by Gasteiger charge is -2.11. The number of amides is 2. The summed E-state index contributed by atoms with van der Waals surface area (Å²) in [6, 6.07) is 4.64. The Labute approximate surface area is 150 Å². The van der Waals surface area contributed by atoms with Gasteiger partial charge in [0.2, 0.25) is 6.41 Å². The van der Waals surface area contributed by atoms with E-state index in [2.05, 4.69) is 16.0 Å². The molecule has 0 radical (unpaired) electrons. The molecule has 2 amide bonds. The second-order valence-electron chi connectivity index (χ2n) is 5.32. The quantitative estimate of drug-likeness (QED) is 0.599. The van der Waals surface area contributed by atoms with Crippen molar-refractivity contribution in [3.63, 3.8) is 0 Å². The van der Waals surface area contributed by atoms with Crippen LogP contribution in [0.5, 0.6) is 5.75 Å². The molecular weight excluding hydrogens is 341 g/mol.